The van der Waals surface area contributed by atoms with Gasteiger partial charge in [0.2, 0.25) is 10.0 Å². The maximum absolute atomic E-state index is 12.6. The van der Waals surface area contributed by atoms with Crippen molar-refractivity contribution in [2.75, 3.05) is 26.2 Å². The van der Waals surface area contributed by atoms with E-state index in [-0.39, 0.29) is 0 Å². The van der Waals surface area contributed by atoms with Gasteiger partial charge in [-0.3, -0.25) is 4.90 Å². The lowest BCUT2D eigenvalue weighted by molar-refractivity contribution is -0.159. The number of carboxylic acids is 2. The smallest absolute Gasteiger partial charge is 0.414 e. The summed E-state index contributed by atoms with van der Waals surface area (Å²) in [5, 5.41) is 14.8. The molecule has 2 N–H and O–H groups in total. The molecule has 1 aliphatic rings. The zero-order chi connectivity index (χ0) is 20.6. The van der Waals surface area contributed by atoms with E-state index < -0.39 is 22.0 Å². The van der Waals surface area contributed by atoms with Crippen molar-refractivity contribution in [3.63, 3.8) is 0 Å². The highest BCUT2D eigenvalue weighted by molar-refractivity contribution is 7.89. The average Bonchev–Trinajstić information content (AvgIpc) is 2.70. The summed E-state index contributed by atoms with van der Waals surface area (Å²) in [5.74, 6) is -3.65. The fourth-order valence-electron chi connectivity index (χ4n) is 2.71. The van der Waals surface area contributed by atoms with E-state index in [2.05, 4.69) is 17.0 Å². The molecule has 0 unspecified atom stereocenters. The van der Waals surface area contributed by atoms with Crippen LogP contribution in [0, 0.1) is 0 Å². The molecule has 0 aliphatic carbocycles. The predicted molar refractivity (Wildman–Crippen MR) is 102 cm³/mol. The first kappa shape index (κ1) is 21.5. The van der Waals surface area contributed by atoms with Crippen LogP contribution in [0.2, 0.25) is 0 Å². The molecule has 0 spiro atoms. The van der Waals surface area contributed by atoms with Gasteiger partial charge >= 0.3 is 11.9 Å². The lowest BCUT2D eigenvalue weighted by Crippen LogP contribution is -2.48. The quantitative estimate of drug-likeness (QED) is 0.737. The summed E-state index contributed by atoms with van der Waals surface area (Å²) in [6.45, 7) is 3.50. The number of aliphatic carboxylic acids is 2. The Kier molecular flexibility index (Phi) is 7.68. The van der Waals surface area contributed by atoms with Crippen molar-refractivity contribution >= 4 is 22.0 Å². The average molecular weight is 406 g/mol. The van der Waals surface area contributed by atoms with E-state index in [0.717, 1.165) is 19.6 Å². The molecule has 9 heteroatoms. The topological polar surface area (TPSA) is 115 Å². The maximum atomic E-state index is 12.6. The van der Waals surface area contributed by atoms with Crippen molar-refractivity contribution < 1.29 is 28.2 Å². The van der Waals surface area contributed by atoms with Crippen LogP contribution in [0.4, 0.5) is 0 Å². The molecular formula is C19H22N2O6S. The number of rotatable bonds is 4. The van der Waals surface area contributed by atoms with Crippen LogP contribution < -0.4 is 0 Å². The van der Waals surface area contributed by atoms with Gasteiger partial charge in [0, 0.05) is 32.7 Å². The third-order valence-corrected chi connectivity index (χ3v) is 6.06. The molecule has 2 aromatic rings. The van der Waals surface area contributed by atoms with Gasteiger partial charge in [-0.1, -0.05) is 48.5 Å². The molecule has 1 fully saturated rings. The maximum Gasteiger partial charge on any atom is 0.414 e. The molecule has 150 valence electrons. The molecule has 1 aliphatic heterocycles. The normalized spacial score (nSPS) is 15.3. The molecular weight excluding hydrogens is 384 g/mol. The zero-order valence-electron chi connectivity index (χ0n) is 15.1. The summed E-state index contributed by atoms with van der Waals surface area (Å²) in [6, 6.07) is 19.0. The van der Waals surface area contributed by atoms with Crippen molar-refractivity contribution in [3.05, 3.63) is 66.2 Å². The molecule has 1 saturated heterocycles. The van der Waals surface area contributed by atoms with Crippen molar-refractivity contribution in [1.29, 1.82) is 0 Å². The van der Waals surface area contributed by atoms with E-state index in [1.165, 1.54) is 5.56 Å². The van der Waals surface area contributed by atoms with Crippen LogP contribution in [0.5, 0.6) is 0 Å². The molecule has 8 nitrogen and oxygen atoms in total. The Morgan fingerprint density at radius 1 is 0.786 bits per heavy atom. The second-order valence-electron chi connectivity index (χ2n) is 6.09. The molecule has 0 amide bonds. The molecule has 2 aromatic carbocycles. The summed E-state index contributed by atoms with van der Waals surface area (Å²) < 4.78 is 26.7. The SMILES string of the molecule is O=C(O)C(=O)O.O=S(=O)(c1ccccc1)N1CCN(Cc2ccccc2)CC1. The largest absolute Gasteiger partial charge is 0.473 e. The van der Waals surface area contributed by atoms with E-state index in [1.54, 1.807) is 28.6 Å². The van der Waals surface area contributed by atoms with Crippen LogP contribution in [-0.2, 0) is 26.2 Å². The van der Waals surface area contributed by atoms with E-state index in [1.807, 2.05) is 24.3 Å². The zero-order valence-corrected chi connectivity index (χ0v) is 16.0. The Bertz CT molecular complexity index is 867. The van der Waals surface area contributed by atoms with Crippen molar-refractivity contribution in [2.24, 2.45) is 0 Å². The molecule has 0 aromatic heterocycles. The number of carbonyl (C=O) groups is 2. The van der Waals surface area contributed by atoms with Crippen molar-refractivity contribution in [2.45, 2.75) is 11.4 Å². The van der Waals surface area contributed by atoms with Gasteiger partial charge in [-0.2, -0.15) is 4.31 Å². The standard InChI is InChI=1S/C17H20N2O2S.C2H2O4/c20-22(21,17-9-5-2-6-10-17)19-13-11-18(12-14-19)15-16-7-3-1-4-8-16;3-1(4)2(5)6/h1-10H,11-15H2;(H,3,4)(H,5,6). The minimum Gasteiger partial charge on any atom is -0.473 e. The van der Waals surface area contributed by atoms with Crippen molar-refractivity contribution in [3.8, 4) is 0 Å². The van der Waals surface area contributed by atoms with Gasteiger partial charge in [0.05, 0.1) is 4.90 Å². The van der Waals surface area contributed by atoms with Crippen molar-refractivity contribution in [1.82, 2.24) is 9.21 Å². The van der Waals surface area contributed by atoms with Gasteiger partial charge in [-0.15, -0.1) is 0 Å². The number of piperazine rings is 1. The summed E-state index contributed by atoms with van der Waals surface area (Å²) in [6.07, 6.45) is 0. The lowest BCUT2D eigenvalue weighted by Gasteiger charge is -2.34. The number of nitrogens with zero attached hydrogens (tertiary/aromatic N) is 2. The first-order valence-corrected chi connectivity index (χ1v) is 10.0. The van der Waals surface area contributed by atoms with E-state index in [4.69, 9.17) is 19.8 Å². The molecule has 0 radical (unpaired) electrons. The highest BCUT2D eigenvalue weighted by atomic mass is 32.2. The highest BCUT2D eigenvalue weighted by Gasteiger charge is 2.28. The number of carboxylic acid groups (broad SMARTS) is 2. The Hall–Kier alpha value is -2.75. The lowest BCUT2D eigenvalue weighted by atomic mass is 10.2. The first-order valence-electron chi connectivity index (χ1n) is 8.58. The van der Waals surface area contributed by atoms with E-state index in [0.29, 0.717) is 18.0 Å². The molecule has 28 heavy (non-hydrogen) atoms. The molecule has 0 saturated carbocycles. The molecule has 0 atom stereocenters. The van der Waals surface area contributed by atoms with Gasteiger partial charge in [0.15, 0.2) is 0 Å². The second kappa shape index (κ2) is 9.98. The molecule has 1 heterocycles. The number of hydrogen-bond acceptors (Lipinski definition) is 5. The van der Waals surface area contributed by atoms with Gasteiger partial charge < -0.3 is 10.2 Å². The minimum atomic E-state index is -3.35. The molecule has 3 rings (SSSR count). The predicted octanol–water partition coefficient (Wildman–Crippen LogP) is 1.35. The number of sulfonamides is 1. The van der Waals surface area contributed by atoms with Crippen LogP contribution in [0.15, 0.2) is 65.6 Å². The van der Waals surface area contributed by atoms with Crippen LogP contribution in [-0.4, -0.2) is 66.0 Å². The summed E-state index contributed by atoms with van der Waals surface area (Å²) >= 11 is 0. The Labute approximate surface area is 163 Å². The summed E-state index contributed by atoms with van der Waals surface area (Å²) in [4.78, 5) is 20.9. The van der Waals surface area contributed by atoms with Gasteiger partial charge in [0.25, 0.3) is 0 Å². The fourth-order valence-corrected chi connectivity index (χ4v) is 4.15. The molecule has 0 bridgehead atoms. The number of hydrogen-bond donors (Lipinski definition) is 2. The van der Waals surface area contributed by atoms with Crippen LogP contribution in [0.3, 0.4) is 0 Å². The fraction of sp³-hybridized carbons (Fsp3) is 0.263. The monoisotopic (exact) mass is 406 g/mol. The van der Waals surface area contributed by atoms with E-state index >= 15 is 0 Å². The highest BCUT2D eigenvalue weighted by Crippen LogP contribution is 2.18. The Balaban J connectivity index is 0.000000409. The third-order valence-electron chi connectivity index (χ3n) is 4.14. The van der Waals surface area contributed by atoms with E-state index in [9.17, 15) is 8.42 Å². The van der Waals surface area contributed by atoms with Crippen LogP contribution in [0.1, 0.15) is 5.56 Å². The Morgan fingerprint density at radius 2 is 1.25 bits per heavy atom. The summed E-state index contributed by atoms with van der Waals surface area (Å²) in [7, 11) is -3.35. The first-order chi connectivity index (χ1) is 13.3. The van der Waals surface area contributed by atoms with Gasteiger partial charge in [-0.05, 0) is 17.7 Å². The second-order valence-corrected chi connectivity index (χ2v) is 8.03. The van der Waals surface area contributed by atoms with Crippen LogP contribution >= 0.6 is 0 Å². The van der Waals surface area contributed by atoms with Crippen LogP contribution in [0.25, 0.3) is 0 Å². The van der Waals surface area contributed by atoms with Gasteiger partial charge in [-0.25, -0.2) is 18.0 Å². The Morgan fingerprint density at radius 3 is 1.71 bits per heavy atom. The van der Waals surface area contributed by atoms with Gasteiger partial charge in [0.1, 0.15) is 0 Å². The number of benzene rings is 2. The minimum absolute atomic E-state index is 0.381. The summed E-state index contributed by atoms with van der Waals surface area (Å²) in [5.41, 5.74) is 1.27. The third kappa shape index (κ3) is 6.15.